The summed E-state index contributed by atoms with van der Waals surface area (Å²) in [7, 11) is 0. The summed E-state index contributed by atoms with van der Waals surface area (Å²) >= 11 is 0. The Morgan fingerprint density at radius 3 is 2.74 bits per heavy atom. The SMILES string of the molecule is CC(C)(C)OC(=O)NCCCn1ccc2cc([N+](=O)[O-])ccc21. The van der Waals surface area contributed by atoms with Crippen LogP contribution in [0.2, 0.25) is 0 Å². The normalized spacial score (nSPS) is 11.4. The van der Waals surface area contributed by atoms with Gasteiger partial charge in [0.05, 0.1) is 4.92 Å². The van der Waals surface area contributed by atoms with Crippen LogP contribution < -0.4 is 5.32 Å². The molecule has 0 saturated heterocycles. The third-order valence-corrected chi connectivity index (χ3v) is 3.21. The van der Waals surface area contributed by atoms with Gasteiger partial charge in [0.2, 0.25) is 0 Å². The number of fused-ring (bicyclic) bond motifs is 1. The highest BCUT2D eigenvalue weighted by atomic mass is 16.6. The molecule has 0 saturated carbocycles. The van der Waals surface area contributed by atoms with Crippen molar-refractivity contribution in [2.45, 2.75) is 39.3 Å². The average molecular weight is 319 g/mol. The number of alkyl carbamates (subject to hydrolysis) is 1. The number of rotatable bonds is 5. The summed E-state index contributed by atoms with van der Waals surface area (Å²) in [4.78, 5) is 21.9. The molecule has 1 N–H and O–H groups in total. The van der Waals surface area contributed by atoms with Gasteiger partial charge in [0.25, 0.3) is 5.69 Å². The number of nitro groups is 1. The van der Waals surface area contributed by atoms with E-state index < -0.39 is 16.6 Å². The highest BCUT2D eigenvalue weighted by molar-refractivity contribution is 5.82. The van der Waals surface area contributed by atoms with Crippen LogP contribution in [0, 0.1) is 10.1 Å². The standard InChI is InChI=1S/C16H21N3O4/c1-16(2,3)23-15(20)17-8-4-9-18-10-7-12-11-13(19(21)22)5-6-14(12)18/h5-7,10-11H,4,8-9H2,1-3H3,(H,17,20). The lowest BCUT2D eigenvalue weighted by Gasteiger charge is -2.19. The van der Waals surface area contributed by atoms with Crippen LogP contribution in [0.3, 0.4) is 0 Å². The van der Waals surface area contributed by atoms with Crippen molar-refractivity contribution in [3.05, 3.63) is 40.6 Å². The maximum absolute atomic E-state index is 11.5. The van der Waals surface area contributed by atoms with E-state index in [4.69, 9.17) is 4.74 Å². The van der Waals surface area contributed by atoms with Gasteiger partial charge in [-0.3, -0.25) is 10.1 Å². The van der Waals surface area contributed by atoms with Gasteiger partial charge >= 0.3 is 6.09 Å². The lowest BCUT2D eigenvalue weighted by atomic mass is 10.2. The summed E-state index contributed by atoms with van der Waals surface area (Å²) in [6.07, 6.45) is 2.20. The molecule has 0 bridgehead atoms. The first-order chi connectivity index (χ1) is 10.8. The topological polar surface area (TPSA) is 86.4 Å². The third kappa shape index (κ3) is 4.70. The Morgan fingerprint density at radius 2 is 2.09 bits per heavy atom. The van der Waals surface area contributed by atoms with Gasteiger partial charge in [-0.05, 0) is 39.3 Å². The van der Waals surface area contributed by atoms with E-state index in [2.05, 4.69) is 5.32 Å². The number of ether oxygens (including phenoxy) is 1. The molecular weight excluding hydrogens is 298 g/mol. The zero-order valence-corrected chi connectivity index (χ0v) is 13.5. The molecule has 0 unspecified atom stereocenters. The molecule has 1 heterocycles. The minimum atomic E-state index is -0.505. The van der Waals surface area contributed by atoms with Gasteiger partial charge < -0.3 is 14.6 Å². The average Bonchev–Trinajstić information content (AvgIpc) is 2.84. The van der Waals surface area contributed by atoms with Crippen LogP contribution in [0.5, 0.6) is 0 Å². The molecular formula is C16H21N3O4. The van der Waals surface area contributed by atoms with Gasteiger partial charge in [0.1, 0.15) is 5.60 Å². The van der Waals surface area contributed by atoms with Crippen molar-refractivity contribution >= 4 is 22.7 Å². The summed E-state index contributed by atoms with van der Waals surface area (Å²) in [6.45, 7) is 6.66. The van der Waals surface area contributed by atoms with Crippen LogP contribution in [0.1, 0.15) is 27.2 Å². The molecule has 0 aliphatic rings. The summed E-state index contributed by atoms with van der Waals surface area (Å²) < 4.78 is 7.17. The summed E-state index contributed by atoms with van der Waals surface area (Å²) in [5.41, 5.74) is 0.518. The van der Waals surface area contributed by atoms with Crippen molar-refractivity contribution in [1.29, 1.82) is 0 Å². The predicted octanol–water partition coefficient (Wildman–Crippen LogP) is 3.46. The second-order valence-electron chi connectivity index (χ2n) is 6.29. The maximum atomic E-state index is 11.5. The third-order valence-electron chi connectivity index (χ3n) is 3.21. The molecule has 1 aromatic carbocycles. The van der Waals surface area contributed by atoms with E-state index in [1.165, 1.54) is 6.07 Å². The van der Waals surface area contributed by atoms with Crippen LogP contribution >= 0.6 is 0 Å². The van der Waals surface area contributed by atoms with Crippen LogP contribution in [-0.4, -0.2) is 27.7 Å². The molecule has 0 radical (unpaired) electrons. The Balaban J connectivity index is 1.88. The molecule has 124 valence electrons. The number of hydrogen-bond donors (Lipinski definition) is 1. The number of nitrogens with one attached hydrogen (secondary N) is 1. The molecule has 0 spiro atoms. The first-order valence-electron chi connectivity index (χ1n) is 7.46. The van der Waals surface area contributed by atoms with Crippen LogP contribution in [-0.2, 0) is 11.3 Å². The number of nitrogens with zero attached hydrogens (tertiary/aromatic N) is 2. The fourth-order valence-corrected chi connectivity index (χ4v) is 2.25. The van der Waals surface area contributed by atoms with Crippen molar-refractivity contribution in [1.82, 2.24) is 9.88 Å². The second-order valence-corrected chi connectivity index (χ2v) is 6.29. The smallest absolute Gasteiger partial charge is 0.407 e. The zero-order chi connectivity index (χ0) is 17.0. The number of carbonyl (C=O) groups excluding carboxylic acids is 1. The minimum Gasteiger partial charge on any atom is -0.444 e. The molecule has 23 heavy (non-hydrogen) atoms. The van der Waals surface area contributed by atoms with Crippen molar-refractivity contribution in [3.8, 4) is 0 Å². The predicted molar refractivity (Wildman–Crippen MR) is 87.4 cm³/mol. The molecule has 7 heteroatoms. The number of carbonyl (C=O) groups is 1. The Kier molecular flexibility index (Phi) is 4.88. The van der Waals surface area contributed by atoms with E-state index in [0.717, 1.165) is 17.3 Å². The van der Waals surface area contributed by atoms with Crippen molar-refractivity contribution in [2.75, 3.05) is 6.54 Å². The maximum Gasteiger partial charge on any atom is 0.407 e. The molecule has 0 aliphatic carbocycles. The molecule has 0 fully saturated rings. The first-order valence-corrected chi connectivity index (χ1v) is 7.46. The van der Waals surface area contributed by atoms with E-state index in [9.17, 15) is 14.9 Å². The number of amides is 1. The molecule has 1 aromatic heterocycles. The lowest BCUT2D eigenvalue weighted by molar-refractivity contribution is -0.384. The quantitative estimate of drug-likeness (QED) is 0.519. The molecule has 1 amide bonds. The fraction of sp³-hybridized carbons (Fsp3) is 0.438. The number of benzene rings is 1. The van der Waals surface area contributed by atoms with Crippen LogP contribution in [0.25, 0.3) is 10.9 Å². The van der Waals surface area contributed by atoms with Gasteiger partial charge in [0.15, 0.2) is 0 Å². The monoisotopic (exact) mass is 319 g/mol. The van der Waals surface area contributed by atoms with Gasteiger partial charge in [-0.15, -0.1) is 0 Å². The van der Waals surface area contributed by atoms with Crippen molar-refractivity contribution < 1.29 is 14.5 Å². The van der Waals surface area contributed by atoms with Gasteiger partial charge in [-0.2, -0.15) is 0 Å². The number of non-ortho nitro benzene ring substituents is 1. The van der Waals surface area contributed by atoms with E-state index in [1.807, 2.05) is 37.6 Å². The van der Waals surface area contributed by atoms with E-state index in [-0.39, 0.29) is 5.69 Å². The summed E-state index contributed by atoms with van der Waals surface area (Å²) in [5.74, 6) is 0. The first kappa shape index (κ1) is 16.8. The lowest BCUT2D eigenvalue weighted by Crippen LogP contribution is -2.33. The Hall–Kier alpha value is -2.57. The van der Waals surface area contributed by atoms with Crippen molar-refractivity contribution in [2.24, 2.45) is 0 Å². The van der Waals surface area contributed by atoms with E-state index in [0.29, 0.717) is 13.1 Å². The highest BCUT2D eigenvalue weighted by Crippen LogP contribution is 2.22. The fourth-order valence-electron chi connectivity index (χ4n) is 2.25. The largest absolute Gasteiger partial charge is 0.444 e. The summed E-state index contributed by atoms with van der Waals surface area (Å²) in [5, 5.41) is 14.3. The van der Waals surface area contributed by atoms with Crippen LogP contribution in [0.15, 0.2) is 30.5 Å². The van der Waals surface area contributed by atoms with Crippen LogP contribution in [0.4, 0.5) is 10.5 Å². The molecule has 0 aliphatic heterocycles. The molecule has 2 aromatic rings. The number of nitro benzene ring substituents is 1. The molecule has 2 rings (SSSR count). The van der Waals surface area contributed by atoms with Crippen molar-refractivity contribution in [3.63, 3.8) is 0 Å². The zero-order valence-electron chi connectivity index (χ0n) is 13.5. The Bertz CT molecular complexity index is 716. The number of aryl methyl sites for hydroxylation is 1. The number of aromatic nitrogens is 1. The number of hydrogen-bond acceptors (Lipinski definition) is 4. The van der Waals surface area contributed by atoms with Gasteiger partial charge in [-0.25, -0.2) is 4.79 Å². The molecule has 0 atom stereocenters. The van der Waals surface area contributed by atoms with E-state index >= 15 is 0 Å². The Morgan fingerprint density at radius 1 is 1.35 bits per heavy atom. The van der Waals surface area contributed by atoms with Gasteiger partial charge in [-0.1, -0.05) is 0 Å². The highest BCUT2D eigenvalue weighted by Gasteiger charge is 2.15. The van der Waals surface area contributed by atoms with Gasteiger partial charge in [0, 0.05) is 42.3 Å². The minimum absolute atomic E-state index is 0.0850. The molecule has 7 nitrogen and oxygen atoms in total. The second kappa shape index (κ2) is 6.68. The Labute approximate surface area is 134 Å². The summed E-state index contributed by atoms with van der Waals surface area (Å²) in [6, 6.07) is 6.65. The van der Waals surface area contributed by atoms with E-state index in [1.54, 1.807) is 12.1 Å².